The molecule has 31 heavy (non-hydrogen) atoms. The van der Waals surface area contributed by atoms with E-state index in [0.717, 1.165) is 12.1 Å². The minimum Gasteiger partial charge on any atom is -0.462 e. The predicted octanol–water partition coefficient (Wildman–Crippen LogP) is 4.71. The molecule has 1 aliphatic rings. The van der Waals surface area contributed by atoms with Crippen molar-refractivity contribution in [3.8, 4) is 0 Å². The molecule has 0 saturated carbocycles. The first-order chi connectivity index (χ1) is 14.6. The maximum atomic E-state index is 13.0. The molecule has 6 nitrogen and oxygen atoms in total. The summed E-state index contributed by atoms with van der Waals surface area (Å²) < 4.78 is 44.0. The standard InChI is InChI=1S/C21H16ClF3N2O4/c1-2-9-31-20(30)12-5-3-7-14(10-12)26-17-16(22)18(28)27(19(17)29)15-8-4-6-13(11-15)21(23,24)25/h3-8,10-11,26H,2,9H2,1H3. The quantitative estimate of drug-likeness (QED) is 0.507. The van der Waals surface area contributed by atoms with Crippen LogP contribution in [0.4, 0.5) is 24.5 Å². The van der Waals surface area contributed by atoms with Crippen molar-refractivity contribution in [3.63, 3.8) is 0 Å². The summed E-state index contributed by atoms with van der Waals surface area (Å²) in [4.78, 5) is 37.8. The first kappa shape index (κ1) is 22.4. The van der Waals surface area contributed by atoms with E-state index in [4.69, 9.17) is 16.3 Å². The molecule has 0 aromatic heterocycles. The van der Waals surface area contributed by atoms with Crippen molar-refractivity contribution in [2.45, 2.75) is 19.5 Å². The van der Waals surface area contributed by atoms with Crippen molar-refractivity contribution in [1.29, 1.82) is 0 Å². The van der Waals surface area contributed by atoms with Gasteiger partial charge in [0.1, 0.15) is 10.7 Å². The Labute approximate surface area is 180 Å². The summed E-state index contributed by atoms with van der Waals surface area (Å²) >= 11 is 6.01. The second-order valence-corrected chi connectivity index (χ2v) is 6.90. The SMILES string of the molecule is CCCOC(=O)c1cccc(NC2=C(Cl)C(=O)N(c3cccc(C(F)(F)F)c3)C2=O)c1. The Morgan fingerprint density at radius 2 is 1.81 bits per heavy atom. The van der Waals surface area contributed by atoms with Crippen molar-refractivity contribution in [2.24, 2.45) is 0 Å². The van der Waals surface area contributed by atoms with E-state index in [0.29, 0.717) is 17.4 Å². The number of hydrogen-bond acceptors (Lipinski definition) is 5. The van der Waals surface area contributed by atoms with Crippen molar-refractivity contribution < 1.29 is 32.3 Å². The van der Waals surface area contributed by atoms with Crippen molar-refractivity contribution >= 4 is 40.8 Å². The molecular formula is C21H16ClF3N2O4. The van der Waals surface area contributed by atoms with Crippen LogP contribution in [0, 0.1) is 0 Å². The van der Waals surface area contributed by atoms with Crippen LogP contribution in [0.3, 0.4) is 0 Å². The summed E-state index contributed by atoms with van der Waals surface area (Å²) in [5, 5.41) is 2.19. The monoisotopic (exact) mass is 452 g/mol. The summed E-state index contributed by atoms with van der Waals surface area (Å²) in [6.45, 7) is 2.09. The normalized spacial score (nSPS) is 14.3. The average molecular weight is 453 g/mol. The molecular weight excluding hydrogens is 437 g/mol. The Morgan fingerprint density at radius 3 is 2.48 bits per heavy atom. The van der Waals surface area contributed by atoms with Gasteiger partial charge in [0.05, 0.1) is 23.4 Å². The maximum Gasteiger partial charge on any atom is 0.416 e. The number of hydrogen-bond donors (Lipinski definition) is 1. The van der Waals surface area contributed by atoms with Crippen molar-refractivity contribution in [1.82, 2.24) is 0 Å². The van der Waals surface area contributed by atoms with Crippen LogP contribution in [-0.2, 0) is 20.5 Å². The zero-order valence-electron chi connectivity index (χ0n) is 16.1. The first-order valence-corrected chi connectivity index (χ1v) is 9.51. The van der Waals surface area contributed by atoms with Gasteiger partial charge in [-0.1, -0.05) is 30.7 Å². The lowest BCUT2D eigenvalue weighted by molar-refractivity contribution is -0.137. The number of halogens is 4. The van der Waals surface area contributed by atoms with E-state index < -0.39 is 34.6 Å². The molecule has 1 heterocycles. The van der Waals surface area contributed by atoms with Gasteiger partial charge < -0.3 is 10.1 Å². The molecule has 1 N–H and O–H groups in total. The highest BCUT2D eigenvalue weighted by Crippen LogP contribution is 2.35. The topological polar surface area (TPSA) is 75.7 Å². The summed E-state index contributed by atoms with van der Waals surface area (Å²) in [7, 11) is 0. The van der Waals surface area contributed by atoms with Gasteiger partial charge in [-0.05, 0) is 42.8 Å². The van der Waals surface area contributed by atoms with Crippen LogP contribution in [0.25, 0.3) is 0 Å². The van der Waals surface area contributed by atoms with E-state index in [-0.39, 0.29) is 29.2 Å². The largest absolute Gasteiger partial charge is 0.462 e. The fourth-order valence-corrected chi connectivity index (χ4v) is 3.03. The molecule has 0 atom stereocenters. The Balaban J connectivity index is 1.85. The number of rotatable bonds is 6. The van der Waals surface area contributed by atoms with Gasteiger partial charge in [-0.2, -0.15) is 13.2 Å². The smallest absolute Gasteiger partial charge is 0.416 e. The van der Waals surface area contributed by atoms with Crippen LogP contribution < -0.4 is 10.2 Å². The summed E-state index contributed by atoms with van der Waals surface area (Å²) in [5.41, 5.74) is -1.12. The van der Waals surface area contributed by atoms with Gasteiger partial charge >= 0.3 is 12.1 Å². The number of ether oxygens (including phenoxy) is 1. The van der Waals surface area contributed by atoms with Gasteiger partial charge in [-0.15, -0.1) is 0 Å². The molecule has 2 aromatic rings. The lowest BCUT2D eigenvalue weighted by Crippen LogP contribution is -2.32. The highest BCUT2D eigenvalue weighted by molar-refractivity contribution is 6.53. The Kier molecular flexibility index (Phi) is 6.35. The predicted molar refractivity (Wildman–Crippen MR) is 107 cm³/mol. The number of nitrogens with one attached hydrogen (secondary N) is 1. The minimum atomic E-state index is -4.65. The molecule has 2 amide bonds. The van der Waals surface area contributed by atoms with Gasteiger partial charge in [0.15, 0.2) is 0 Å². The van der Waals surface area contributed by atoms with Gasteiger partial charge in [0.25, 0.3) is 11.8 Å². The summed E-state index contributed by atoms with van der Waals surface area (Å²) in [6, 6.07) is 9.77. The third-order valence-corrected chi connectivity index (χ3v) is 4.61. The number of carbonyl (C=O) groups excluding carboxylic acids is 3. The van der Waals surface area contributed by atoms with E-state index in [1.807, 2.05) is 6.92 Å². The second-order valence-electron chi connectivity index (χ2n) is 6.52. The number of carbonyl (C=O) groups is 3. The number of imide groups is 1. The number of amides is 2. The van der Waals surface area contributed by atoms with E-state index in [1.54, 1.807) is 0 Å². The van der Waals surface area contributed by atoms with Crippen molar-refractivity contribution in [3.05, 3.63) is 70.4 Å². The number of anilines is 2. The Bertz CT molecular complexity index is 1080. The fourth-order valence-electron chi connectivity index (χ4n) is 2.81. The molecule has 1 aliphatic heterocycles. The van der Waals surface area contributed by atoms with Gasteiger partial charge in [-0.3, -0.25) is 9.59 Å². The third kappa shape index (κ3) is 4.72. The maximum absolute atomic E-state index is 13.0. The van der Waals surface area contributed by atoms with E-state index in [1.165, 1.54) is 30.3 Å². The second kappa shape index (κ2) is 8.81. The number of alkyl halides is 3. The zero-order chi connectivity index (χ0) is 22.8. The van der Waals surface area contributed by atoms with Gasteiger partial charge in [-0.25, -0.2) is 9.69 Å². The molecule has 0 bridgehead atoms. The molecule has 2 aromatic carbocycles. The van der Waals surface area contributed by atoms with Gasteiger partial charge in [0.2, 0.25) is 0 Å². The molecule has 0 saturated heterocycles. The molecule has 0 spiro atoms. The van der Waals surface area contributed by atoms with Crippen LogP contribution in [0.15, 0.2) is 59.3 Å². The highest BCUT2D eigenvalue weighted by atomic mass is 35.5. The van der Waals surface area contributed by atoms with Crippen LogP contribution in [-0.4, -0.2) is 24.4 Å². The highest BCUT2D eigenvalue weighted by Gasteiger charge is 2.40. The fraction of sp³-hybridized carbons (Fsp3) is 0.190. The van der Waals surface area contributed by atoms with Crippen LogP contribution >= 0.6 is 11.6 Å². The molecule has 3 rings (SSSR count). The van der Waals surface area contributed by atoms with Gasteiger partial charge in [0, 0.05) is 5.69 Å². The molecule has 0 aliphatic carbocycles. The average Bonchev–Trinajstić information content (AvgIpc) is 2.95. The lowest BCUT2D eigenvalue weighted by Gasteiger charge is -2.17. The van der Waals surface area contributed by atoms with Crippen LogP contribution in [0.2, 0.25) is 0 Å². The molecule has 0 radical (unpaired) electrons. The van der Waals surface area contributed by atoms with Crippen molar-refractivity contribution in [2.75, 3.05) is 16.8 Å². The lowest BCUT2D eigenvalue weighted by atomic mass is 10.2. The van der Waals surface area contributed by atoms with Crippen LogP contribution in [0.5, 0.6) is 0 Å². The first-order valence-electron chi connectivity index (χ1n) is 9.13. The number of benzene rings is 2. The molecule has 162 valence electrons. The van der Waals surface area contributed by atoms with E-state index in [2.05, 4.69) is 5.32 Å². The van der Waals surface area contributed by atoms with E-state index >= 15 is 0 Å². The molecule has 0 fully saturated rings. The molecule has 0 unspecified atom stereocenters. The van der Waals surface area contributed by atoms with E-state index in [9.17, 15) is 27.6 Å². The molecule has 10 heteroatoms. The number of nitrogens with zero attached hydrogens (tertiary/aromatic N) is 1. The zero-order valence-corrected chi connectivity index (χ0v) is 16.9. The Morgan fingerprint density at radius 1 is 1.10 bits per heavy atom. The number of esters is 1. The summed E-state index contributed by atoms with van der Waals surface area (Å²) in [6.07, 6.45) is -4.00. The summed E-state index contributed by atoms with van der Waals surface area (Å²) in [5.74, 6) is -2.45. The third-order valence-electron chi connectivity index (χ3n) is 4.26. The Hall–Kier alpha value is -3.33. The minimum absolute atomic E-state index is 0.210. The van der Waals surface area contributed by atoms with Crippen LogP contribution in [0.1, 0.15) is 29.3 Å².